The molecule has 98 valence electrons. The van der Waals surface area contributed by atoms with Gasteiger partial charge in [-0.05, 0) is 37.8 Å². The van der Waals surface area contributed by atoms with Gasteiger partial charge < -0.3 is 10.0 Å². The normalized spacial score (nSPS) is 15.2. The van der Waals surface area contributed by atoms with Crippen LogP contribution in [0.15, 0.2) is 18.2 Å². The molecule has 5 heteroatoms. The molecule has 0 amide bonds. The Bertz CT molecular complexity index is 444. The molecule has 1 aromatic rings. The first-order valence-electron chi connectivity index (χ1n) is 6.25. The summed E-state index contributed by atoms with van der Waals surface area (Å²) in [6.07, 6.45) is 3.39. The number of aliphatic hydroxyl groups excluding tert-OH is 1. The molecule has 2 rings (SSSR count). The summed E-state index contributed by atoms with van der Waals surface area (Å²) in [5.74, 6) is 0. The zero-order valence-electron chi connectivity index (χ0n) is 10.5. The Kier molecular flexibility index (Phi) is 3.81. The zero-order valence-corrected chi connectivity index (χ0v) is 10.5. The molecule has 1 aliphatic carbocycles. The fourth-order valence-corrected chi connectivity index (χ4v) is 2.34. The molecule has 5 nitrogen and oxygen atoms in total. The van der Waals surface area contributed by atoms with Crippen molar-refractivity contribution in [3.63, 3.8) is 0 Å². The first kappa shape index (κ1) is 12.8. The average molecular weight is 250 g/mol. The molecule has 0 spiro atoms. The van der Waals surface area contributed by atoms with E-state index in [1.54, 1.807) is 12.1 Å². The summed E-state index contributed by atoms with van der Waals surface area (Å²) in [7, 11) is 0. The maximum absolute atomic E-state index is 10.9. The number of aliphatic hydroxyl groups is 1. The lowest BCUT2D eigenvalue weighted by molar-refractivity contribution is -0.384. The summed E-state index contributed by atoms with van der Waals surface area (Å²) >= 11 is 0. The third-order valence-corrected chi connectivity index (χ3v) is 3.45. The number of rotatable bonds is 5. The van der Waals surface area contributed by atoms with Crippen molar-refractivity contribution >= 4 is 11.4 Å². The van der Waals surface area contributed by atoms with Gasteiger partial charge in [0.1, 0.15) is 0 Å². The topological polar surface area (TPSA) is 66.6 Å². The van der Waals surface area contributed by atoms with E-state index in [0.717, 1.165) is 24.1 Å². The van der Waals surface area contributed by atoms with E-state index in [1.165, 1.54) is 6.42 Å². The largest absolute Gasteiger partial charge is 0.395 e. The number of hydrogen-bond donors (Lipinski definition) is 1. The minimum Gasteiger partial charge on any atom is -0.395 e. The standard InChI is InChI=1S/C13H18N2O3/c1-10-7-12(9-13(8-10)15(17)18)14(5-6-16)11-3-2-4-11/h7-9,11,16H,2-6H2,1H3. The van der Waals surface area contributed by atoms with E-state index < -0.39 is 0 Å². The van der Waals surface area contributed by atoms with Gasteiger partial charge in [0.2, 0.25) is 0 Å². The lowest BCUT2D eigenvalue weighted by Crippen LogP contribution is -2.42. The smallest absolute Gasteiger partial charge is 0.271 e. The third kappa shape index (κ3) is 2.61. The monoisotopic (exact) mass is 250 g/mol. The average Bonchev–Trinajstić information content (AvgIpc) is 2.25. The first-order chi connectivity index (χ1) is 8.61. The molecule has 18 heavy (non-hydrogen) atoms. The Morgan fingerprint density at radius 3 is 2.67 bits per heavy atom. The van der Waals surface area contributed by atoms with Crippen LogP contribution in [0.4, 0.5) is 11.4 Å². The van der Waals surface area contributed by atoms with Gasteiger partial charge in [0, 0.05) is 30.4 Å². The highest BCUT2D eigenvalue weighted by molar-refractivity contribution is 5.56. The summed E-state index contributed by atoms with van der Waals surface area (Å²) in [5, 5.41) is 20.0. The molecule has 1 fully saturated rings. The second-order valence-corrected chi connectivity index (χ2v) is 4.79. The molecular formula is C13H18N2O3. The van der Waals surface area contributed by atoms with E-state index >= 15 is 0 Å². The number of nitrogens with zero attached hydrogens (tertiary/aromatic N) is 2. The first-order valence-corrected chi connectivity index (χ1v) is 6.25. The van der Waals surface area contributed by atoms with E-state index in [-0.39, 0.29) is 17.2 Å². The van der Waals surface area contributed by atoms with E-state index in [1.807, 2.05) is 13.0 Å². The Balaban J connectivity index is 2.30. The molecule has 1 saturated carbocycles. The lowest BCUT2D eigenvalue weighted by Gasteiger charge is -2.39. The van der Waals surface area contributed by atoms with Crippen molar-refractivity contribution < 1.29 is 10.0 Å². The van der Waals surface area contributed by atoms with Crippen molar-refractivity contribution in [3.05, 3.63) is 33.9 Å². The number of anilines is 1. The minimum absolute atomic E-state index is 0.0677. The van der Waals surface area contributed by atoms with Gasteiger partial charge in [-0.3, -0.25) is 10.1 Å². The number of hydrogen-bond acceptors (Lipinski definition) is 4. The minimum atomic E-state index is -0.367. The summed E-state index contributed by atoms with van der Waals surface area (Å²) in [4.78, 5) is 12.6. The van der Waals surface area contributed by atoms with Crippen LogP contribution in [0.2, 0.25) is 0 Å². The molecule has 0 unspecified atom stereocenters. The molecule has 1 aliphatic rings. The molecule has 0 bridgehead atoms. The van der Waals surface area contributed by atoms with Crippen LogP contribution >= 0.6 is 0 Å². The van der Waals surface area contributed by atoms with Crippen molar-refractivity contribution in [3.8, 4) is 0 Å². The van der Waals surface area contributed by atoms with Crippen LogP contribution in [0.25, 0.3) is 0 Å². The maximum atomic E-state index is 10.9. The lowest BCUT2D eigenvalue weighted by atomic mass is 9.91. The van der Waals surface area contributed by atoms with Gasteiger partial charge in [0.15, 0.2) is 0 Å². The van der Waals surface area contributed by atoms with Crippen LogP contribution in [-0.4, -0.2) is 29.2 Å². The molecule has 0 aromatic heterocycles. The van der Waals surface area contributed by atoms with Crippen molar-refractivity contribution in [2.24, 2.45) is 0 Å². The van der Waals surface area contributed by atoms with Crippen LogP contribution in [0.3, 0.4) is 0 Å². The van der Waals surface area contributed by atoms with Gasteiger partial charge in [-0.15, -0.1) is 0 Å². The molecule has 0 atom stereocenters. The fraction of sp³-hybridized carbons (Fsp3) is 0.538. The maximum Gasteiger partial charge on any atom is 0.271 e. The summed E-state index contributed by atoms with van der Waals surface area (Å²) < 4.78 is 0. The Labute approximate surface area is 106 Å². The van der Waals surface area contributed by atoms with Crippen molar-refractivity contribution in [2.75, 3.05) is 18.1 Å². The van der Waals surface area contributed by atoms with Crippen LogP contribution in [0.1, 0.15) is 24.8 Å². The molecule has 0 saturated heterocycles. The number of non-ortho nitro benzene ring substituents is 1. The molecule has 0 heterocycles. The van der Waals surface area contributed by atoms with Gasteiger partial charge in [-0.25, -0.2) is 0 Å². The second-order valence-electron chi connectivity index (χ2n) is 4.79. The Hall–Kier alpha value is -1.62. The van der Waals surface area contributed by atoms with Gasteiger partial charge in [-0.2, -0.15) is 0 Å². The summed E-state index contributed by atoms with van der Waals surface area (Å²) in [6, 6.07) is 5.53. The summed E-state index contributed by atoms with van der Waals surface area (Å²) in [5.41, 5.74) is 1.84. The predicted octanol–water partition coefficient (Wildman–Crippen LogP) is 2.25. The van der Waals surface area contributed by atoms with E-state index in [2.05, 4.69) is 4.90 Å². The Morgan fingerprint density at radius 2 is 2.17 bits per heavy atom. The predicted molar refractivity (Wildman–Crippen MR) is 69.9 cm³/mol. The summed E-state index contributed by atoms with van der Waals surface area (Å²) in [6.45, 7) is 2.46. The highest BCUT2D eigenvalue weighted by atomic mass is 16.6. The highest BCUT2D eigenvalue weighted by Gasteiger charge is 2.25. The third-order valence-electron chi connectivity index (χ3n) is 3.45. The van der Waals surface area contributed by atoms with Gasteiger partial charge in [-0.1, -0.05) is 0 Å². The zero-order chi connectivity index (χ0) is 13.1. The Morgan fingerprint density at radius 1 is 1.44 bits per heavy atom. The van der Waals surface area contributed by atoms with Crippen molar-refractivity contribution in [2.45, 2.75) is 32.2 Å². The van der Waals surface area contributed by atoms with Crippen LogP contribution in [0.5, 0.6) is 0 Å². The van der Waals surface area contributed by atoms with Crippen molar-refractivity contribution in [1.29, 1.82) is 0 Å². The molecule has 1 aromatic carbocycles. The van der Waals surface area contributed by atoms with Crippen molar-refractivity contribution in [1.82, 2.24) is 0 Å². The fourth-order valence-electron chi connectivity index (χ4n) is 2.34. The van der Waals surface area contributed by atoms with Crippen LogP contribution in [-0.2, 0) is 0 Å². The van der Waals surface area contributed by atoms with Gasteiger partial charge in [0.25, 0.3) is 5.69 Å². The number of nitro groups is 1. The molecule has 1 N–H and O–H groups in total. The second kappa shape index (κ2) is 5.35. The quantitative estimate of drug-likeness (QED) is 0.643. The SMILES string of the molecule is Cc1cc(N(CCO)C2CCC2)cc([N+](=O)[O-])c1. The van der Waals surface area contributed by atoms with E-state index in [9.17, 15) is 10.1 Å². The highest BCUT2D eigenvalue weighted by Crippen LogP contribution is 2.31. The molecule has 0 aliphatic heterocycles. The number of aryl methyl sites for hydroxylation is 1. The van der Waals surface area contributed by atoms with Gasteiger partial charge >= 0.3 is 0 Å². The van der Waals surface area contributed by atoms with Gasteiger partial charge in [0.05, 0.1) is 11.5 Å². The molecular weight excluding hydrogens is 232 g/mol. The van der Waals surface area contributed by atoms with Crippen LogP contribution < -0.4 is 4.90 Å². The van der Waals surface area contributed by atoms with Crippen LogP contribution in [0, 0.1) is 17.0 Å². The number of benzene rings is 1. The molecule has 0 radical (unpaired) electrons. The van der Waals surface area contributed by atoms with E-state index in [4.69, 9.17) is 5.11 Å². The van der Waals surface area contributed by atoms with E-state index in [0.29, 0.717) is 12.6 Å². The number of nitro benzene ring substituents is 1.